The molecule has 1 saturated carbocycles. The number of hydrogen-bond acceptors (Lipinski definition) is 6. The predicted octanol–water partition coefficient (Wildman–Crippen LogP) is 6.31. The van der Waals surface area contributed by atoms with Gasteiger partial charge in [-0.05, 0) is 75.6 Å². The average Bonchev–Trinajstić information content (AvgIpc) is 3.57. The number of nitrogens with one attached hydrogen (secondary N) is 1. The first-order chi connectivity index (χ1) is 17.8. The van der Waals surface area contributed by atoms with Crippen LogP contribution in [-0.4, -0.2) is 34.4 Å². The fraction of sp³-hybridized carbons (Fsp3) is 0.483. The topological polar surface area (TPSA) is 107 Å². The third kappa shape index (κ3) is 4.68. The van der Waals surface area contributed by atoms with Gasteiger partial charge in [-0.25, -0.2) is 9.59 Å². The van der Waals surface area contributed by atoms with Crippen molar-refractivity contribution in [3.8, 4) is 16.2 Å². The molecule has 1 atom stereocenters. The molecule has 5 rings (SSSR count). The lowest BCUT2D eigenvalue weighted by molar-refractivity contribution is 0.0445. The Kier molecular flexibility index (Phi) is 6.33. The first kappa shape index (κ1) is 26.3. The molecule has 38 heavy (non-hydrogen) atoms. The molecule has 2 aromatic heterocycles. The van der Waals surface area contributed by atoms with Crippen LogP contribution >= 0.6 is 11.3 Å². The van der Waals surface area contributed by atoms with E-state index in [9.17, 15) is 19.5 Å². The Labute approximate surface area is 225 Å². The Morgan fingerprint density at radius 1 is 1.21 bits per heavy atom. The van der Waals surface area contributed by atoms with Crippen LogP contribution in [0.1, 0.15) is 86.8 Å². The molecule has 3 aromatic rings. The normalized spacial score (nSPS) is 18.6. The van der Waals surface area contributed by atoms with E-state index in [4.69, 9.17) is 9.47 Å². The Morgan fingerprint density at radius 2 is 1.92 bits per heavy atom. The van der Waals surface area contributed by atoms with Gasteiger partial charge in [0.2, 0.25) is 5.43 Å². The molecular weight excluding hydrogens is 504 g/mol. The summed E-state index contributed by atoms with van der Waals surface area (Å²) in [7, 11) is 1.58. The van der Waals surface area contributed by atoms with Crippen LogP contribution < -0.4 is 15.5 Å². The van der Waals surface area contributed by atoms with E-state index in [2.05, 4.69) is 25.2 Å². The molecule has 0 spiro atoms. The molecule has 9 heteroatoms. The Hall–Kier alpha value is -3.33. The van der Waals surface area contributed by atoms with Gasteiger partial charge in [-0.3, -0.25) is 4.79 Å². The zero-order valence-corrected chi connectivity index (χ0v) is 23.5. The molecule has 1 unspecified atom stereocenters. The standard InChI is InChI=1S/C29H34N2O6S/c1-28(2,3)37-27(35)30-25-24-15(11-12-29(25,4)5)13-20(38-24)17-9-10-18-21(23(17)36-6)31(16-7-8-16)14-19(22(18)32)26(33)34/h9-10,13-14,16,25H,7-8,11-12H2,1-6H3,(H,30,35)(H,33,34). The molecule has 1 aromatic carbocycles. The summed E-state index contributed by atoms with van der Waals surface area (Å²) in [6, 6.07) is 5.62. The lowest BCUT2D eigenvalue weighted by Crippen LogP contribution is -2.42. The number of thiophene rings is 1. The maximum Gasteiger partial charge on any atom is 0.408 e. The molecule has 0 aliphatic heterocycles. The number of methoxy groups -OCH3 is 1. The van der Waals surface area contributed by atoms with E-state index in [0.717, 1.165) is 41.0 Å². The summed E-state index contributed by atoms with van der Waals surface area (Å²) < 4.78 is 13.4. The van der Waals surface area contributed by atoms with E-state index in [1.165, 1.54) is 11.8 Å². The van der Waals surface area contributed by atoms with E-state index in [1.54, 1.807) is 24.5 Å². The lowest BCUT2D eigenvalue weighted by Gasteiger charge is -2.39. The number of amides is 1. The number of carbonyl (C=O) groups excluding carboxylic acids is 1. The molecule has 2 heterocycles. The van der Waals surface area contributed by atoms with E-state index < -0.39 is 23.1 Å². The number of aromatic nitrogens is 1. The Morgan fingerprint density at radius 3 is 2.53 bits per heavy atom. The van der Waals surface area contributed by atoms with Crippen molar-refractivity contribution in [1.29, 1.82) is 0 Å². The Bertz CT molecular complexity index is 1510. The highest BCUT2D eigenvalue weighted by atomic mass is 32.1. The van der Waals surface area contributed by atoms with Crippen LogP contribution in [0.4, 0.5) is 4.79 Å². The van der Waals surface area contributed by atoms with Gasteiger partial charge >= 0.3 is 12.1 Å². The second-order valence-corrected chi connectivity index (χ2v) is 13.0. The number of aryl methyl sites for hydroxylation is 1. The molecule has 202 valence electrons. The molecular formula is C29H34N2O6S. The van der Waals surface area contributed by atoms with Crippen molar-refractivity contribution in [2.45, 2.75) is 78.0 Å². The minimum absolute atomic E-state index is 0.139. The number of ether oxygens (including phenoxy) is 2. The van der Waals surface area contributed by atoms with Crippen LogP contribution in [0.15, 0.2) is 29.2 Å². The van der Waals surface area contributed by atoms with Crippen LogP contribution in [0.25, 0.3) is 21.3 Å². The SMILES string of the molecule is COc1c(-c2cc3c(s2)C(NC(=O)OC(C)(C)C)C(C)(C)CC3)ccc2c(=O)c(C(=O)O)cn(C3CC3)c12. The highest BCUT2D eigenvalue weighted by molar-refractivity contribution is 7.15. The molecule has 0 radical (unpaired) electrons. The monoisotopic (exact) mass is 538 g/mol. The average molecular weight is 539 g/mol. The summed E-state index contributed by atoms with van der Waals surface area (Å²) in [5.41, 5.74) is 1.13. The maximum absolute atomic E-state index is 13.1. The summed E-state index contributed by atoms with van der Waals surface area (Å²) in [4.78, 5) is 39.6. The molecule has 1 amide bonds. The molecule has 0 bridgehead atoms. The Balaban J connectivity index is 1.63. The number of benzene rings is 1. The molecule has 0 saturated heterocycles. The number of carboxylic acid groups (broad SMARTS) is 1. The van der Waals surface area contributed by atoms with E-state index in [0.29, 0.717) is 16.7 Å². The predicted molar refractivity (Wildman–Crippen MR) is 148 cm³/mol. The van der Waals surface area contributed by atoms with Crippen molar-refractivity contribution in [3.63, 3.8) is 0 Å². The van der Waals surface area contributed by atoms with Crippen LogP contribution in [0.3, 0.4) is 0 Å². The van der Waals surface area contributed by atoms with Gasteiger partial charge in [-0.2, -0.15) is 0 Å². The smallest absolute Gasteiger partial charge is 0.408 e. The molecule has 1 fully saturated rings. The first-order valence-corrected chi connectivity index (χ1v) is 13.7. The zero-order valence-electron chi connectivity index (χ0n) is 22.6. The number of nitrogens with zero attached hydrogens (tertiary/aromatic N) is 1. The number of carboxylic acids is 1. The van der Waals surface area contributed by atoms with Crippen LogP contribution in [0.5, 0.6) is 5.75 Å². The van der Waals surface area contributed by atoms with Crippen molar-refractivity contribution in [3.05, 3.63) is 50.6 Å². The van der Waals surface area contributed by atoms with Crippen molar-refractivity contribution >= 4 is 34.3 Å². The van der Waals surface area contributed by atoms with Gasteiger partial charge in [0, 0.05) is 27.6 Å². The van der Waals surface area contributed by atoms with E-state index in [-0.39, 0.29) is 23.1 Å². The lowest BCUT2D eigenvalue weighted by atomic mass is 9.73. The molecule has 2 aliphatic rings. The summed E-state index contributed by atoms with van der Waals surface area (Å²) >= 11 is 1.61. The summed E-state index contributed by atoms with van der Waals surface area (Å²) in [6.45, 7) is 9.85. The number of hydrogen-bond donors (Lipinski definition) is 2. The number of pyridine rings is 1. The summed E-state index contributed by atoms with van der Waals surface area (Å²) in [6.07, 6.45) is 4.65. The van der Waals surface area contributed by atoms with Crippen molar-refractivity contribution < 1.29 is 24.2 Å². The fourth-order valence-electron chi connectivity index (χ4n) is 5.27. The third-order valence-corrected chi connectivity index (χ3v) is 8.65. The first-order valence-electron chi connectivity index (χ1n) is 12.9. The number of rotatable bonds is 5. The third-order valence-electron chi connectivity index (χ3n) is 7.37. The second-order valence-electron chi connectivity index (χ2n) is 11.9. The van der Waals surface area contributed by atoms with Gasteiger partial charge in [0.15, 0.2) is 5.75 Å². The second kappa shape index (κ2) is 9.15. The van der Waals surface area contributed by atoms with Crippen molar-refractivity contribution in [1.82, 2.24) is 9.88 Å². The van der Waals surface area contributed by atoms with E-state index in [1.807, 2.05) is 31.4 Å². The van der Waals surface area contributed by atoms with Gasteiger partial charge in [0.1, 0.15) is 11.2 Å². The molecule has 8 nitrogen and oxygen atoms in total. The molecule has 2 aliphatic carbocycles. The number of alkyl carbamates (subject to hydrolysis) is 1. The summed E-state index contributed by atoms with van der Waals surface area (Å²) in [5, 5.41) is 13.1. The number of aromatic carboxylic acids is 1. The molecule has 2 N–H and O–H groups in total. The zero-order chi connectivity index (χ0) is 27.6. The van der Waals surface area contributed by atoms with Crippen LogP contribution in [0.2, 0.25) is 0 Å². The number of fused-ring (bicyclic) bond motifs is 2. The van der Waals surface area contributed by atoms with Gasteiger partial charge in [0.05, 0.1) is 24.1 Å². The fourth-order valence-corrected chi connectivity index (χ4v) is 6.77. The van der Waals surface area contributed by atoms with Gasteiger partial charge in [-0.15, -0.1) is 11.3 Å². The largest absolute Gasteiger partial charge is 0.494 e. The van der Waals surface area contributed by atoms with Gasteiger partial charge < -0.3 is 24.5 Å². The highest BCUT2D eigenvalue weighted by Gasteiger charge is 2.40. The maximum atomic E-state index is 13.1. The minimum atomic E-state index is -1.23. The number of carbonyl (C=O) groups is 2. The highest BCUT2D eigenvalue weighted by Crippen LogP contribution is 2.51. The summed E-state index contributed by atoms with van der Waals surface area (Å²) in [5.74, 6) is -0.677. The van der Waals surface area contributed by atoms with E-state index >= 15 is 0 Å². The quantitative estimate of drug-likeness (QED) is 0.394. The van der Waals surface area contributed by atoms with Crippen LogP contribution in [-0.2, 0) is 11.2 Å². The van der Waals surface area contributed by atoms with Gasteiger partial charge in [-0.1, -0.05) is 13.8 Å². The van der Waals surface area contributed by atoms with Crippen molar-refractivity contribution in [2.75, 3.05) is 7.11 Å². The van der Waals surface area contributed by atoms with Crippen LogP contribution in [0, 0.1) is 5.41 Å². The van der Waals surface area contributed by atoms with Gasteiger partial charge in [0.25, 0.3) is 0 Å². The van der Waals surface area contributed by atoms with Crippen molar-refractivity contribution in [2.24, 2.45) is 5.41 Å². The minimum Gasteiger partial charge on any atom is -0.494 e.